The fourth-order valence-corrected chi connectivity index (χ4v) is 1.98. The van der Waals surface area contributed by atoms with Gasteiger partial charge >= 0.3 is 0 Å². The Labute approximate surface area is 104 Å². The highest BCUT2D eigenvalue weighted by Gasteiger charge is 2.19. The number of pyridine rings is 1. The monoisotopic (exact) mass is 246 g/mol. The Morgan fingerprint density at radius 3 is 3.06 bits per heavy atom. The van der Waals surface area contributed by atoms with Crippen molar-refractivity contribution in [2.45, 2.75) is 25.4 Å². The van der Waals surface area contributed by atoms with Gasteiger partial charge in [-0.25, -0.2) is 4.98 Å². The molecule has 3 heterocycles. The van der Waals surface area contributed by atoms with Gasteiger partial charge in [0, 0.05) is 13.0 Å². The van der Waals surface area contributed by atoms with Crippen LogP contribution in [0.25, 0.3) is 11.6 Å². The summed E-state index contributed by atoms with van der Waals surface area (Å²) >= 11 is 0. The summed E-state index contributed by atoms with van der Waals surface area (Å²) in [4.78, 5) is 8.45. The van der Waals surface area contributed by atoms with Gasteiger partial charge in [-0.2, -0.15) is 4.98 Å². The molecule has 6 heteroatoms. The van der Waals surface area contributed by atoms with Gasteiger partial charge in [-0.1, -0.05) is 5.16 Å². The Balaban J connectivity index is 1.74. The van der Waals surface area contributed by atoms with Gasteiger partial charge in [-0.3, -0.25) is 0 Å². The zero-order valence-electron chi connectivity index (χ0n) is 9.87. The average molecular weight is 246 g/mol. The second-order valence-corrected chi connectivity index (χ2v) is 4.33. The van der Waals surface area contributed by atoms with Crippen molar-refractivity contribution in [3.05, 3.63) is 24.2 Å². The van der Waals surface area contributed by atoms with Crippen molar-refractivity contribution in [2.75, 3.05) is 12.3 Å². The molecule has 0 spiro atoms. The van der Waals surface area contributed by atoms with Crippen LogP contribution in [0.2, 0.25) is 0 Å². The zero-order valence-corrected chi connectivity index (χ0v) is 9.87. The van der Waals surface area contributed by atoms with E-state index in [1.807, 2.05) is 0 Å². The molecule has 2 N–H and O–H groups in total. The molecule has 0 bridgehead atoms. The molecular formula is C12H14N4O2. The first-order chi connectivity index (χ1) is 8.81. The lowest BCUT2D eigenvalue weighted by Gasteiger charge is -2.03. The van der Waals surface area contributed by atoms with Crippen LogP contribution in [0.1, 0.15) is 18.7 Å². The summed E-state index contributed by atoms with van der Waals surface area (Å²) in [7, 11) is 0. The summed E-state index contributed by atoms with van der Waals surface area (Å²) in [6.07, 6.45) is 4.64. The van der Waals surface area contributed by atoms with Gasteiger partial charge in [0.2, 0.25) is 0 Å². The standard InChI is InChI=1S/C12H14N4O2/c13-8-3-4-10(14-7-8)12-15-11(16-18-12)6-9-2-1-5-17-9/h3-4,7,9H,1-2,5-6,13H2. The van der Waals surface area contributed by atoms with Crippen molar-refractivity contribution >= 4 is 5.69 Å². The Bertz CT molecular complexity index is 517. The molecule has 1 unspecified atom stereocenters. The minimum Gasteiger partial charge on any atom is -0.397 e. The van der Waals surface area contributed by atoms with Crippen LogP contribution in [0.15, 0.2) is 22.9 Å². The predicted molar refractivity (Wildman–Crippen MR) is 64.6 cm³/mol. The highest BCUT2D eigenvalue weighted by Crippen LogP contribution is 2.19. The number of anilines is 1. The lowest BCUT2D eigenvalue weighted by molar-refractivity contribution is 0.109. The first kappa shape index (κ1) is 11.2. The maximum absolute atomic E-state index is 5.57. The van der Waals surface area contributed by atoms with Crippen LogP contribution >= 0.6 is 0 Å². The summed E-state index contributed by atoms with van der Waals surface area (Å²) in [6, 6.07) is 3.52. The lowest BCUT2D eigenvalue weighted by Crippen LogP contribution is -2.09. The van der Waals surface area contributed by atoms with Crippen molar-refractivity contribution in [1.82, 2.24) is 15.1 Å². The van der Waals surface area contributed by atoms with E-state index in [9.17, 15) is 0 Å². The molecule has 1 saturated heterocycles. The van der Waals surface area contributed by atoms with Gasteiger partial charge in [-0.05, 0) is 25.0 Å². The maximum atomic E-state index is 5.57. The minimum atomic E-state index is 0.217. The van der Waals surface area contributed by atoms with Gasteiger partial charge in [-0.15, -0.1) is 0 Å². The quantitative estimate of drug-likeness (QED) is 0.881. The van der Waals surface area contributed by atoms with Crippen LogP contribution in [-0.4, -0.2) is 27.8 Å². The van der Waals surface area contributed by atoms with Gasteiger partial charge in [0.05, 0.1) is 18.0 Å². The molecule has 0 aromatic carbocycles. The molecule has 0 aliphatic carbocycles. The van der Waals surface area contributed by atoms with E-state index < -0.39 is 0 Å². The van der Waals surface area contributed by atoms with E-state index in [1.54, 1.807) is 18.3 Å². The SMILES string of the molecule is Nc1ccc(-c2nc(CC3CCCO3)no2)nc1. The zero-order chi connectivity index (χ0) is 12.4. The molecule has 3 rings (SSSR count). The van der Waals surface area contributed by atoms with E-state index in [0.29, 0.717) is 29.5 Å². The van der Waals surface area contributed by atoms with Crippen LogP contribution in [0, 0.1) is 0 Å². The summed E-state index contributed by atoms with van der Waals surface area (Å²) < 4.78 is 10.7. The Kier molecular flexibility index (Phi) is 2.93. The first-order valence-electron chi connectivity index (χ1n) is 5.97. The number of hydrogen-bond acceptors (Lipinski definition) is 6. The molecule has 0 radical (unpaired) electrons. The van der Waals surface area contributed by atoms with E-state index in [-0.39, 0.29) is 6.10 Å². The second-order valence-electron chi connectivity index (χ2n) is 4.33. The third-order valence-corrected chi connectivity index (χ3v) is 2.91. The number of hydrogen-bond donors (Lipinski definition) is 1. The normalized spacial score (nSPS) is 19.2. The van der Waals surface area contributed by atoms with E-state index in [4.69, 9.17) is 15.0 Å². The molecule has 1 fully saturated rings. The molecule has 0 amide bonds. The molecule has 6 nitrogen and oxygen atoms in total. The van der Waals surface area contributed by atoms with Gasteiger partial charge in [0.25, 0.3) is 5.89 Å². The highest BCUT2D eigenvalue weighted by atomic mass is 16.5. The van der Waals surface area contributed by atoms with Gasteiger partial charge < -0.3 is 15.0 Å². The molecule has 94 valence electrons. The molecular weight excluding hydrogens is 232 g/mol. The summed E-state index contributed by atoms with van der Waals surface area (Å²) in [5.41, 5.74) is 6.82. The molecule has 2 aromatic rings. The number of ether oxygens (including phenoxy) is 1. The fourth-order valence-electron chi connectivity index (χ4n) is 1.98. The number of nitrogens with two attached hydrogens (primary N) is 1. The Morgan fingerprint density at radius 2 is 2.33 bits per heavy atom. The second kappa shape index (κ2) is 4.73. The van der Waals surface area contributed by atoms with E-state index in [2.05, 4.69) is 15.1 Å². The first-order valence-corrected chi connectivity index (χ1v) is 5.97. The number of nitrogens with zero attached hydrogens (tertiary/aromatic N) is 3. The number of aromatic nitrogens is 3. The van der Waals surface area contributed by atoms with Gasteiger partial charge in [0.15, 0.2) is 5.82 Å². The maximum Gasteiger partial charge on any atom is 0.276 e. The fraction of sp³-hybridized carbons (Fsp3) is 0.417. The third kappa shape index (κ3) is 2.33. The molecule has 1 aliphatic rings. The number of rotatable bonds is 3. The van der Waals surface area contributed by atoms with Crippen molar-refractivity contribution in [3.63, 3.8) is 0 Å². The molecule has 2 aromatic heterocycles. The van der Waals surface area contributed by atoms with Crippen LogP contribution in [-0.2, 0) is 11.2 Å². The third-order valence-electron chi connectivity index (χ3n) is 2.91. The van der Waals surface area contributed by atoms with Crippen LogP contribution < -0.4 is 5.73 Å². The smallest absolute Gasteiger partial charge is 0.276 e. The largest absolute Gasteiger partial charge is 0.397 e. The Morgan fingerprint density at radius 1 is 1.39 bits per heavy atom. The van der Waals surface area contributed by atoms with Crippen LogP contribution in [0.3, 0.4) is 0 Å². The van der Waals surface area contributed by atoms with E-state index in [1.165, 1.54) is 0 Å². The van der Waals surface area contributed by atoms with Crippen molar-refractivity contribution in [2.24, 2.45) is 0 Å². The van der Waals surface area contributed by atoms with Crippen molar-refractivity contribution < 1.29 is 9.26 Å². The Hall–Kier alpha value is -1.95. The summed E-state index contributed by atoms with van der Waals surface area (Å²) in [5, 5.41) is 3.94. The van der Waals surface area contributed by atoms with Crippen molar-refractivity contribution in [1.29, 1.82) is 0 Å². The van der Waals surface area contributed by atoms with E-state index >= 15 is 0 Å². The highest BCUT2D eigenvalue weighted by molar-refractivity contribution is 5.50. The molecule has 1 aliphatic heterocycles. The molecule has 0 saturated carbocycles. The summed E-state index contributed by atoms with van der Waals surface area (Å²) in [5.74, 6) is 1.08. The lowest BCUT2D eigenvalue weighted by atomic mass is 10.2. The van der Waals surface area contributed by atoms with Crippen LogP contribution in [0.5, 0.6) is 0 Å². The van der Waals surface area contributed by atoms with Crippen LogP contribution in [0.4, 0.5) is 5.69 Å². The van der Waals surface area contributed by atoms with E-state index in [0.717, 1.165) is 19.4 Å². The molecule has 1 atom stereocenters. The van der Waals surface area contributed by atoms with Gasteiger partial charge in [0.1, 0.15) is 5.69 Å². The predicted octanol–water partition coefficient (Wildman–Crippen LogP) is 1.44. The molecule has 18 heavy (non-hydrogen) atoms. The average Bonchev–Trinajstić information content (AvgIpc) is 3.02. The minimum absolute atomic E-state index is 0.217. The summed E-state index contributed by atoms with van der Waals surface area (Å²) in [6.45, 7) is 0.828. The van der Waals surface area contributed by atoms with Crippen molar-refractivity contribution in [3.8, 4) is 11.6 Å². The number of nitrogen functional groups attached to an aromatic ring is 1. The topological polar surface area (TPSA) is 87.1 Å².